The Bertz CT molecular complexity index is 515. The van der Waals surface area contributed by atoms with Gasteiger partial charge >= 0.3 is 5.97 Å². The largest absolute Gasteiger partial charge is 0.480 e. The minimum atomic E-state index is -1.12. The van der Waals surface area contributed by atoms with Crippen molar-refractivity contribution in [2.45, 2.75) is 31.7 Å². The van der Waals surface area contributed by atoms with E-state index in [0.717, 1.165) is 0 Å². The fourth-order valence-electron chi connectivity index (χ4n) is 2.44. The quantitative estimate of drug-likeness (QED) is 0.856. The molecule has 1 aromatic heterocycles. The molecule has 0 saturated heterocycles. The molecule has 1 aliphatic rings. The van der Waals surface area contributed by atoms with Crippen molar-refractivity contribution in [1.29, 1.82) is 0 Å². The summed E-state index contributed by atoms with van der Waals surface area (Å²) < 4.78 is 0. The molecule has 1 saturated carbocycles. The lowest BCUT2D eigenvalue weighted by Crippen LogP contribution is -2.47. The molecule has 2 N–H and O–H groups in total. The van der Waals surface area contributed by atoms with Crippen molar-refractivity contribution in [2.24, 2.45) is 5.92 Å². The first-order chi connectivity index (χ1) is 9.58. The van der Waals surface area contributed by atoms with E-state index in [4.69, 9.17) is 0 Å². The van der Waals surface area contributed by atoms with Crippen LogP contribution in [0.3, 0.4) is 0 Å². The van der Waals surface area contributed by atoms with Crippen LogP contribution in [0.2, 0.25) is 0 Å². The number of carboxylic acids is 1. The number of hydrogen-bond donors (Lipinski definition) is 2. The molecule has 0 aromatic carbocycles. The normalized spacial score (nSPS) is 20.2. The van der Waals surface area contributed by atoms with Crippen LogP contribution < -0.4 is 5.32 Å². The van der Waals surface area contributed by atoms with E-state index in [1.54, 1.807) is 12.1 Å². The Balaban J connectivity index is 2.08. The first kappa shape index (κ1) is 14.2. The Morgan fingerprint density at radius 3 is 2.80 bits per heavy atom. The third kappa shape index (κ3) is 3.40. The molecule has 0 spiro atoms. The van der Waals surface area contributed by atoms with Crippen molar-refractivity contribution < 1.29 is 19.5 Å². The average Bonchev–Trinajstić information content (AvgIpc) is 2.45. The Labute approximate surface area is 116 Å². The first-order valence-electron chi connectivity index (χ1n) is 6.54. The van der Waals surface area contributed by atoms with Crippen LogP contribution in [0.1, 0.15) is 36.2 Å². The number of hydrogen-bond acceptors (Lipinski definition) is 4. The van der Waals surface area contributed by atoms with Crippen LogP contribution in [-0.2, 0) is 9.59 Å². The summed E-state index contributed by atoms with van der Waals surface area (Å²) in [6.07, 6.45) is 3.48. The van der Waals surface area contributed by atoms with E-state index < -0.39 is 17.9 Å². The number of amides is 1. The zero-order valence-corrected chi connectivity index (χ0v) is 10.9. The summed E-state index contributed by atoms with van der Waals surface area (Å²) in [4.78, 5) is 38.6. The molecule has 6 heteroatoms. The molecule has 0 radical (unpaired) electrons. The van der Waals surface area contributed by atoms with Gasteiger partial charge in [0.15, 0.2) is 0 Å². The number of nitrogens with zero attached hydrogens (tertiary/aromatic N) is 1. The zero-order valence-electron chi connectivity index (χ0n) is 10.9. The summed E-state index contributed by atoms with van der Waals surface area (Å²) in [6, 6.07) is 3.79. The van der Waals surface area contributed by atoms with Crippen LogP contribution in [0.25, 0.3) is 0 Å². The second-order valence-corrected chi connectivity index (χ2v) is 4.90. The van der Waals surface area contributed by atoms with E-state index in [1.807, 2.05) is 0 Å². The molecule has 106 valence electrons. The SMILES string of the molecule is O=C1CCC[C@H]([C@H](NC(=O)c2ccccn2)C(=O)O)C1. The van der Waals surface area contributed by atoms with Gasteiger partial charge in [-0.25, -0.2) is 4.79 Å². The minimum Gasteiger partial charge on any atom is -0.480 e. The van der Waals surface area contributed by atoms with Gasteiger partial charge in [-0.05, 0) is 30.9 Å². The van der Waals surface area contributed by atoms with Crippen LogP contribution in [0, 0.1) is 5.92 Å². The van der Waals surface area contributed by atoms with Crippen LogP contribution >= 0.6 is 0 Å². The molecule has 0 bridgehead atoms. The molecule has 2 rings (SSSR count). The lowest BCUT2D eigenvalue weighted by molar-refractivity contribution is -0.141. The van der Waals surface area contributed by atoms with E-state index in [1.165, 1.54) is 12.3 Å². The van der Waals surface area contributed by atoms with Crippen LogP contribution in [-0.4, -0.2) is 33.8 Å². The maximum Gasteiger partial charge on any atom is 0.326 e. The van der Waals surface area contributed by atoms with E-state index >= 15 is 0 Å². The monoisotopic (exact) mass is 276 g/mol. The number of nitrogens with one attached hydrogen (secondary N) is 1. The summed E-state index contributed by atoms with van der Waals surface area (Å²) in [5.41, 5.74) is 0.167. The van der Waals surface area contributed by atoms with Crippen LogP contribution in [0.4, 0.5) is 0 Å². The molecule has 1 aliphatic carbocycles. The predicted molar refractivity (Wildman–Crippen MR) is 70.1 cm³/mol. The van der Waals surface area contributed by atoms with E-state index in [0.29, 0.717) is 19.3 Å². The smallest absolute Gasteiger partial charge is 0.326 e. The summed E-state index contributed by atoms with van der Waals surface area (Å²) in [5, 5.41) is 11.7. The first-order valence-corrected chi connectivity index (χ1v) is 6.54. The lowest BCUT2D eigenvalue weighted by Gasteiger charge is -2.27. The molecular weight excluding hydrogens is 260 g/mol. The number of pyridine rings is 1. The van der Waals surface area contributed by atoms with Gasteiger partial charge in [0.2, 0.25) is 0 Å². The number of carboxylic acid groups (broad SMARTS) is 1. The summed E-state index contributed by atoms with van der Waals surface area (Å²) in [5.74, 6) is -1.94. The number of Topliss-reactive ketones (excluding diaryl/α,β-unsaturated/α-hetero) is 1. The summed E-state index contributed by atoms with van der Waals surface area (Å²) in [7, 11) is 0. The fourth-order valence-corrected chi connectivity index (χ4v) is 2.44. The number of rotatable bonds is 4. The van der Waals surface area contributed by atoms with Gasteiger partial charge in [0.25, 0.3) is 5.91 Å². The van der Waals surface area contributed by atoms with Crippen LogP contribution in [0.15, 0.2) is 24.4 Å². The Kier molecular flexibility index (Phi) is 4.45. The minimum absolute atomic E-state index is 0.0552. The highest BCUT2D eigenvalue weighted by Crippen LogP contribution is 2.24. The highest BCUT2D eigenvalue weighted by molar-refractivity contribution is 5.95. The van der Waals surface area contributed by atoms with Gasteiger partial charge in [0, 0.05) is 19.0 Å². The predicted octanol–water partition coefficient (Wildman–Crippen LogP) is 1.02. The molecule has 1 amide bonds. The summed E-state index contributed by atoms with van der Waals surface area (Å²) >= 11 is 0. The number of aliphatic carboxylic acids is 1. The molecule has 1 heterocycles. The van der Waals surface area contributed by atoms with Crippen molar-refractivity contribution >= 4 is 17.7 Å². The van der Waals surface area contributed by atoms with Crippen molar-refractivity contribution in [1.82, 2.24) is 10.3 Å². The number of aromatic nitrogens is 1. The molecule has 0 unspecified atom stereocenters. The van der Waals surface area contributed by atoms with E-state index in [2.05, 4.69) is 10.3 Å². The van der Waals surface area contributed by atoms with Crippen molar-refractivity contribution in [3.8, 4) is 0 Å². The molecule has 0 aliphatic heterocycles. The zero-order chi connectivity index (χ0) is 14.5. The van der Waals surface area contributed by atoms with Gasteiger partial charge in [-0.2, -0.15) is 0 Å². The highest BCUT2D eigenvalue weighted by atomic mass is 16.4. The second-order valence-electron chi connectivity index (χ2n) is 4.90. The topological polar surface area (TPSA) is 96.4 Å². The molecule has 1 aromatic rings. The van der Waals surface area contributed by atoms with Crippen LogP contribution in [0.5, 0.6) is 0 Å². The highest BCUT2D eigenvalue weighted by Gasteiger charge is 2.33. The van der Waals surface area contributed by atoms with Gasteiger partial charge in [-0.1, -0.05) is 6.07 Å². The van der Waals surface area contributed by atoms with Crippen molar-refractivity contribution in [2.75, 3.05) is 0 Å². The fraction of sp³-hybridized carbons (Fsp3) is 0.429. The summed E-state index contributed by atoms with van der Waals surface area (Å²) in [6.45, 7) is 0. The number of carbonyl (C=O) groups is 3. The van der Waals surface area contributed by atoms with Gasteiger partial charge in [-0.15, -0.1) is 0 Å². The van der Waals surface area contributed by atoms with Gasteiger partial charge < -0.3 is 10.4 Å². The van der Waals surface area contributed by atoms with E-state index in [-0.39, 0.29) is 23.8 Å². The van der Waals surface area contributed by atoms with Gasteiger partial charge in [0.1, 0.15) is 17.5 Å². The number of ketones is 1. The third-order valence-corrected chi connectivity index (χ3v) is 3.44. The molecule has 2 atom stereocenters. The molecule has 20 heavy (non-hydrogen) atoms. The Morgan fingerprint density at radius 2 is 2.20 bits per heavy atom. The van der Waals surface area contributed by atoms with E-state index in [9.17, 15) is 19.5 Å². The molecule has 1 fully saturated rings. The maximum atomic E-state index is 12.0. The maximum absolute atomic E-state index is 12.0. The number of carbonyl (C=O) groups excluding carboxylic acids is 2. The van der Waals surface area contributed by atoms with Crippen molar-refractivity contribution in [3.63, 3.8) is 0 Å². The average molecular weight is 276 g/mol. The molecule has 6 nitrogen and oxygen atoms in total. The standard InChI is InChI=1S/C14H16N2O4/c17-10-5-3-4-9(8-10)12(14(19)20)16-13(18)11-6-1-2-7-15-11/h1-2,6-7,9,12H,3-5,8H2,(H,16,18)(H,19,20)/t9-,12-/m0/s1. The van der Waals surface area contributed by atoms with Gasteiger partial charge in [-0.3, -0.25) is 14.6 Å². The second kappa shape index (κ2) is 6.27. The van der Waals surface area contributed by atoms with Crippen molar-refractivity contribution in [3.05, 3.63) is 30.1 Å². The molecular formula is C14H16N2O4. The third-order valence-electron chi connectivity index (χ3n) is 3.44. The lowest BCUT2D eigenvalue weighted by atomic mass is 9.83. The van der Waals surface area contributed by atoms with Gasteiger partial charge in [0.05, 0.1) is 0 Å². The Hall–Kier alpha value is -2.24. The Morgan fingerprint density at radius 1 is 1.40 bits per heavy atom.